The second-order valence-electron chi connectivity index (χ2n) is 8.44. The summed E-state index contributed by atoms with van der Waals surface area (Å²) in [6.07, 6.45) is 0.997. The summed E-state index contributed by atoms with van der Waals surface area (Å²) in [5.41, 5.74) is 2.65. The summed E-state index contributed by atoms with van der Waals surface area (Å²) >= 11 is 6.53. The van der Waals surface area contributed by atoms with E-state index in [4.69, 9.17) is 11.6 Å². The highest BCUT2D eigenvalue weighted by molar-refractivity contribution is 6.31. The van der Waals surface area contributed by atoms with Crippen molar-refractivity contribution in [3.05, 3.63) is 64.3 Å². The van der Waals surface area contributed by atoms with Gasteiger partial charge in [-0.15, -0.1) is 0 Å². The highest BCUT2D eigenvalue weighted by Gasteiger charge is 2.43. The van der Waals surface area contributed by atoms with Crippen LogP contribution < -0.4 is 10.2 Å². The number of ketones is 1. The number of para-hydroxylation sites is 1. The molecule has 29 heavy (non-hydrogen) atoms. The molecule has 1 amide bonds. The fourth-order valence-corrected chi connectivity index (χ4v) is 4.62. The summed E-state index contributed by atoms with van der Waals surface area (Å²) in [6, 6.07) is 11.6. The van der Waals surface area contributed by atoms with E-state index in [1.165, 1.54) is 6.92 Å². The smallest absolute Gasteiger partial charge is 0.224 e. The molecule has 2 N–H and O–H groups in total. The van der Waals surface area contributed by atoms with Gasteiger partial charge in [0.25, 0.3) is 0 Å². The zero-order chi connectivity index (χ0) is 20.9. The number of carbonyl (C=O) groups excluding carboxylic acids is 2. The number of aromatic hydroxyl groups is 1. The number of hydrogen-bond donors (Lipinski definition) is 2. The van der Waals surface area contributed by atoms with E-state index in [1.54, 1.807) is 29.2 Å². The maximum Gasteiger partial charge on any atom is 0.224 e. The molecule has 4 rings (SSSR count). The number of carbonyl (C=O) groups is 2. The number of Topliss-reactive ketones (excluding diaryl/α,β-unsaturated/α-hetero) is 1. The molecule has 2 aromatic carbocycles. The third kappa shape index (κ3) is 3.29. The van der Waals surface area contributed by atoms with E-state index >= 15 is 0 Å². The Morgan fingerprint density at radius 3 is 2.59 bits per heavy atom. The SMILES string of the molecule is CC(=O)N1c2cccc(O)c2NC2=C(C(=O)CC(C)(C)C2)C1c1ccccc1Cl. The van der Waals surface area contributed by atoms with E-state index in [0.29, 0.717) is 40.4 Å². The van der Waals surface area contributed by atoms with Crippen LogP contribution in [0, 0.1) is 5.41 Å². The number of nitrogens with zero attached hydrogens (tertiary/aromatic N) is 1. The molecule has 1 unspecified atom stereocenters. The van der Waals surface area contributed by atoms with Crippen LogP contribution in [0.3, 0.4) is 0 Å². The fraction of sp³-hybridized carbons (Fsp3) is 0.304. The first-order valence-corrected chi connectivity index (χ1v) is 9.97. The van der Waals surface area contributed by atoms with E-state index in [-0.39, 0.29) is 22.9 Å². The monoisotopic (exact) mass is 410 g/mol. The number of phenols is 1. The molecule has 2 aliphatic rings. The quantitative estimate of drug-likeness (QED) is 0.633. The van der Waals surface area contributed by atoms with Gasteiger partial charge >= 0.3 is 0 Å². The molecular weight excluding hydrogens is 388 g/mol. The average molecular weight is 411 g/mol. The first kappa shape index (κ1) is 19.5. The zero-order valence-electron chi connectivity index (χ0n) is 16.6. The van der Waals surface area contributed by atoms with Crippen molar-refractivity contribution in [3.63, 3.8) is 0 Å². The lowest BCUT2D eigenvalue weighted by Gasteiger charge is -2.37. The van der Waals surface area contributed by atoms with Gasteiger partial charge in [-0.05, 0) is 35.6 Å². The van der Waals surface area contributed by atoms with Crippen LogP contribution in [0.4, 0.5) is 11.4 Å². The van der Waals surface area contributed by atoms with Crippen molar-refractivity contribution in [2.45, 2.75) is 39.7 Å². The van der Waals surface area contributed by atoms with E-state index < -0.39 is 6.04 Å². The Morgan fingerprint density at radius 1 is 1.17 bits per heavy atom. The van der Waals surface area contributed by atoms with Gasteiger partial charge in [0.2, 0.25) is 5.91 Å². The summed E-state index contributed by atoms with van der Waals surface area (Å²) < 4.78 is 0. The molecule has 0 fully saturated rings. The second kappa shape index (κ2) is 6.92. The summed E-state index contributed by atoms with van der Waals surface area (Å²) in [4.78, 5) is 27.8. The van der Waals surface area contributed by atoms with Crippen molar-refractivity contribution in [2.75, 3.05) is 10.2 Å². The minimum Gasteiger partial charge on any atom is -0.506 e. The predicted molar refractivity (Wildman–Crippen MR) is 114 cm³/mol. The minimum atomic E-state index is -0.671. The first-order chi connectivity index (χ1) is 13.7. The Morgan fingerprint density at radius 2 is 1.90 bits per heavy atom. The molecule has 1 aliphatic heterocycles. The molecular formula is C23H23ClN2O3. The zero-order valence-corrected chi connectivity index (χ0v) is 17.4. The van der Waals surface area contributed by atoms with Crippen LogP contribution in [0.2, 0.25) is 5.02 Å². The van der Waals surface area contributed by atoms with Crippen molar-refractivity contribution in [1.82, 2.24) is 0 Å². The van der Waals surface area contributed by atoms with E-state index in [0.717, 1.165) is 5.70 Å². The van der Waals surface area contributed by atoms with Gasteiger partial charge in [0.05, 0.1) is 11.7 Å². The van der Waals surface area contributed by atoms with E-state index in [1.807, 2.05) is 32.0 Å². The molecule has 1 aliphatic carbocycles. The topological polar surface area (TPSA) is 69.6 Å². The Balaban J connectivity index is 2.07. The third-order valence-electron chi connectivity index (χ3n) is 5.55. The van der Waals surface area contributed by atoms with E-state index in [9.17, 15) is 14.7 Å². The lowest BCUT2D eigenvalue weighted by atomic mass is 9.73. The number of fused-ring (bicyclic) bond motifs is 1. The summed E-state index contributed by atoms with van der Waals surface area (Å²) in [7, 11) is 0. The normalized spacial score (nSPS) is 20.5. The lowest BCUT2D eigenvalue weighted by Crippen LogP contribution is -2.38. The van der Waals surface area contributed by atoms with Gasteiger partial charge in [0.1, 0.15) is 11.4 Å². The van der Waals surface area contributed by atoms with Crippen LogP contribution in [0.25, 0.3) is 0 Å². The molecule has 2 aromatic rings. The molecule has 1 atom stereocenters. The number of anilines is 2. The summed E-state index contributed by atoms with van der Waals surface area (Å²) in [5.74, 6) is -0.238. The standard InChI is InChI=1S/C23H23ClN2O3/c1-13(27)26-17-9-6-10-18(28)21(17)25-16-11-23(2,3)12-19(29)20(16)22(26)14-7-4-5-8-15(14)24/h4-10,22,25,28H,11-12H2,1-3H3. The van der Waals surface area contributed by atoms with Crippen LogP contribution >= 0.6 is 11.6 Å². The van der Waals surface area contributed by atoms with Gasteiger partial charge < -0.3 is 10.4 Å². The van der Waals surface area contributed by atoms with E-state index in [2.05, 4.69) is 5.32 Å². The fourth-order valence-electron chi connectivity index (χ4n) is 4.38. The molecule has 0 spiro atoms. The minimum absolute atomic E-state index is 0.0211. The number of allylic oxidation sites excluding steroid dienone is 1. The number of benzene rings is 2. The number of rotatable bonds is 1. The Kier molecular flexibility index (Phi) is 4.66. The van der Waals surface area contributed by atoms with Gasteiger partial charge in [-0.25, -0.2) is 0 Å². The van der Waals surface area contributed by atoms with Gasteiger partial charge in [-0.2, -0.15) is 0 Å². The predicted octanol–water partition coefficient (Wildman–Crippen LogP) is 5.21. The van der Waals surface area contributed by atoms with Crippen LogP contribution in [0.5, 0.6) is 5.75 Å². The second-order valence-corrected chi connectivity index (χ2v) is 8.85. The van der Waals surface area contributed by atoms with Crippen molar-refractivity contribution in [1.29, 1.82) is 0 Å². The Hall–Kier alpha value is -2.79. The molecule has 0 saturated carbocycles. The van der Waals surface area contributed by atoms with Crippen molar-refractivity contribution in [3.8, 4) is 5.75 Å². The molecule has 0 bridgehead atoms. The first-order valence-electron chi connectivity index (χ1n) is 9.59. The molecule has 0 radical (unpaired) electrons. The average Bonchev–Trinajstić information content (AvgIpc) is 2.76. The maximum atomic E-state index is 13.4. The summed E-state index contributed by atoms with van der Waals surface area (Å²) in [5, 5.41) is 14.3. The Labute approximate surface area is 175 Å². The third-order valence-corrected chi connectivity index (χ3v) is 5.89. The maximum absolute atomic E-state index is 13.4. The molecule has 150 valence electrons. The molecule has 0 aromatic heterocycles. The molecule has 0 saturated heterocycles. The summed E-state index contributed by atoms with van der Waals surface area (Å²) in [6.45, 7) is 5.54. The lowest BCUT2D eigenvalue weighted by molar-refractivity contribution is -0.118. The van der Waals surface area contributed by atoms with Crippen LogP contribution in [-0.2, 0) is 9.59 Å². The molecule has 5 nitrogen and oxygen atoms in total. The van der Waals surface area contributed by atoms with Crippen LogP contribution in [0.1, 0.15) is 45.2 Å². The number of amides is 1. The van der Waals surface area contributed by atoms with Crippen LogP contribution in [-0.4, -0.2) is 16.8 Å². The van der Waals surface area contributed by atoms with Crippen molar-refractivity contribution < 1.29 is 14.7 Å². The highest BCUT2D eigenvalue weighted by atomic mass is 35.5. The largest absolute Gasteiger partial charge is 0.506 e. The van der Waals surface area contributed by atoms with Gasteiger partial charge in [0.15, 0.2) is 5.78 Å². The van der Waals surface area contributed by atoms with Gasteiger partial charge in [-0.3, -0.25) is 14.5 Å². The van der Waals surface area contributed by atoms with Crippen LogP contribution in [0.15, 0.2) is 53.7 Å². The molecule has 1 heterocycles. The van der Waals surface area contributed by atoms with Gasteiger partial charge in [-0.1, -0.05) is 49.7 Å². The highest BCUT2D eigenvalue weighted by Crippen LogP contribution is 2.50. The number of halogens is 1. The van der Waals surface area contributed by atoms with Crippen molar-refractivity contribution >= 4 is 34.7 Å². The Bertz CT molecular complexity index is 1060. The molecule has 6 heteroatoms. The van der Waals surface area contributed by atoms with Crippen molar-refractivity contribution in [2.24, 2.45) is 5.41 Å². The number of phenolic OH excluding ortho intramolecular Hbond substituents is 1. The number of nitrogens with one attached hydrogen (secondary N) is 1. The number of hydrogen-bond acceptors (Lipinski definition) is 4. The van der Waals surface area contributed by atoms with Gasteiger partial charge in [0, 0.05) is 29.6 Å².